The van der Waals surface area contributed by atoms with E-state index in [0.717, 1.165) is 11.3 Å². The van der Waals surface area contributed by atoms with Crippen molar-refractivity contribution < 1.29 is 9.60 Å². The van der Waals surface area contributed by atoms with Crippen LogP contribution in [0.2, 0.25) is 5.02 Å². The van der Waals surface area contributed by atoms with Gasteiger partial charge in [-0.25, -0.2) is 4.39 Å². The standard InChI is InChI=1S/C15H15ClFN3O/c1-20(9-10-3-2-4-12(17)7-10)14-6-5-11(8-13(14)16)15(18)19-21/h2-8,21H,9H2,1H3,(H2,18,19). The first-order valence-electron chi connectivity index (χ1n) is 6.24. The summed E-state index contributed by atoms with van der Waals surface area (Å²) in [6, 6.07) is 11.5. The lowest BCUT2D eigenvalue weighted by molar-refractivity contribution is 0.318. The van der Waals surface area contributed by atoms with Crippen LogP contribution in [-0.2, 0) is 6.54 Å². The number of amidine groups is 1. The van der Waals surface area contributed by atoms with Crippen molar-refractivity contribution in [2.24, 2.45) is 10.9 Å². The highest BCUT2D eigenvalue weighted by molar-refractivity contribution is 6.33. The molecule has 0 atom stereocenters. The van der Waals surface area contributed by atoms with Crippen molar-refractivity contribution >= 4 is 23.1 Å². The lowest BCUT2D eigenvalue weighted by Crippen LogP contribution is -2.18. The van der Waals surface area contributed by atoms with Crippen LogP contribution in [0.25, 0.3) is 0 Å². The molecule has 3 N–H and O–H groups in total. The zero-order valence-corrected chi connectivity index (χ0v) is 12.2. The van der Waals surface area contributed by atoms with Gasteiger partial charge in [-0.1, -0.05) is 28.9 Å². The Labute approximate surface area is 127 Å². The van der Waals surface area contributed by atoms with Gasteiger partial charge in [-0.05, 0) is 35.9 Å². The predicted molar refractivity (Wildman–Crippen MR) is 82.5 cm³/mol. The van der Waals surface area contributed by atoms with Crippen molar-refractivity contribution in [3.05, 3.63) is 64.4 Å². The normalized spacial score (nSPS) is 11.5. The summed E-state index contributed by atoms with van der Waals surface area (Å²) in [5.41, 5.74) is 7.66. The molecular weight excluding hydrogens is 293 g/mol. The highest BCUT2D eigenvalue weighted by Gasteiger charge is 2.09. The molecule has 21 heavy (non-hydrogen) atoms. The van der Waals surface area contributed by atoms with Crippen LogP contribution in [0.3, 0.4) is 0 Å². The minimum absolute atomic E-state index is 0.00349. The third-order valence-corrected chi connectivity index (χ3v) is 3.37. The largest absolute Gasteiger partial charge is 0.409 e. The van der Waals surface area contributed by atoms with Crippen molar-refractivity contribution in [2.45, 2.75) is 6.54 Å². The Balaban J connectivity index is 2.21. The first-order chi connectivity index (χ1) is 10.0. The Kier molecular flexibility index (Phi) is 4.65. The molecule has 0 spiro atoms. The minimum atomic E-state index is -0.269. The molecule has 2 aromatic rings. The van der Waals surface area contributed by atoms with Crippen LogP contribution in [0, 0.1) is 5.82 Å². The minimum Gasteiger partial charge on any atom is -0.409 e. The number of rotatable bonds is 4. The maximum absolute atomic E-state index is 13.2. The molecule has 0 saturated carbocycles. The monoisotopic (exact) mass is 307 g/mol. The molecule has 0 unspecified atom stereocenters. The highest BCUT2D eigenvalue weighted by atomic mass is 35.5. The maximum atomic E-state index is 13.2. The fourth-order valence-corrected chi connectivity index (χ4v) is 2.35. The second-order valence-electron chi connectivity index (χ2n) is 4.64. The zero-order chi connectivity index (χ0) is 15.4. The Morgan fingerprint density at radius 3 is 2.71 bits per heavy atom. The van der Waals surface area contributed by atoms with Gasteiger partial charge in [-0.3, -0.25) is 0 Å². The van der Waals surface area contributed by atoms with Crippen molar-refractivity contribution in [3.63, 3.8) is 0 Å². The van der Waals surface area contributed by atoms with Gasteiger partial charge in [0.1, 0.15) is 5.82 Å². The van der Waals surface area contributed by atoms with Gasteiger partial charge in [-0.2, -0.15) is 0 Å². The predicted octanol–water partition coefficient (Wildman–Crippen LogP) is 3.21. The molecule has 2 rings (SSSR count). The molecule has 0 heterocycles. The average molecular weight is 308 g/mol. The summed E-state index contributed by atoms with van der Waals surface area (Å²) < 4.78 is 13.2. The molecule has 4 nitrogen and oxygen atoms in total. The summed E-state index contributed by atoms with van der Waals surface area (Å²) in [7, 11) is 1.86. The maximum Gasteiger partial charge on any atom is 0.170 e. The quantitative estimate of drug-likeness (QED) is 0.394. The summed E-state index contributed by atoms with van der Waals surface area (Å²) in [4.78, 5) is 1.90. The molecule has 0 aliphatic carbocycles. The van der Waals surface area contributed by atoms with E-state index in [4.69, 9.17) is 22.5 Å². The van der Waals surface area contributed by atoms with E-state index in [1.807, 2.05) is 18.0 Å². The smallest absolute Gasteiger partial charge is 0.170 e. The number of oxime groups is 1. The lowest BCUT2D eigenvalue weighted by atomic mass is 10.1. The van der Waals surface area contributed by atoms with Crippen LogP contribution < -0.4 is 10.6 Å². The number of nitrogens with zero attached hydrogens (tertiary/aromatic N) is 2. The van der Waals surface area contributed by atoms with Gasteiger partial charge < -0.3 is 15.8 Å². The van der Waals surface area contributed by atoms with Crippen LogP contribution in [0.1, 0.15) is 11.1 Å². The second-order valence-corrected chi connectivity index (χ2v) is 5.04. The van der Waals surface area contributed by atoms with Gasteiger partial charge >= 0.3 is 0 Å². The van der Waals surface area contributed by atoms with Crippen LogP contribution >= 0.6 is 11.6 Å². The number of benzene rings is 2. The number of nitrogens with two attached hydrogens (primary N) is 1. The molecule has 110 valence electrons. The zero-order valence-electron chi connectivity index (χ0n) is 11.4. The summed E-state index contributed by atoms with van der Waals surface area (Å²) in [6.07, 6.45) is 0. The van der Waals surface area contributed by atoms with Crippen LogP contribution in [0.4, 0.5) is 10.1 Å². The van der Waals surface area contributed by atoms with E-state index >= 15 is 0 Å². The van der Waals surface area contributed by atoms with Crippen LogP contribution in [0.15, 0.2) is 47.6 Å². The fourth-order valence-electron chi connectivity index (χ4n) is 2.03. The van der Waals surface area contributed by atoms with Crippen molar-refractivity contribution in [3.8, 4) is 0 Å². The van der Waals surface area contributed by atoms with Gasteiger partial charge in [0, 0.05) is 19.2 Å². The molecule has 0 saturated heterocycles. The fraction of sp³-hybridized carbons (Fsp3) is 0.133. The van der Waals surface area contributed by atoms with Crippen molar-refractivity contribution in [1.82, 2.24) is 0 Å². The topological polar surface area (TPSA) is 61.8 Å². The SMILES string of the molecule is CN(Cc1cccc(F)c1)c1ccc(C(N)=NO)cc1Cl. The highest BCUT2D eigenvalue weighted by Crippen LogP contribution is 2.27. The third-order valence-electron chi connectivity index (χ3n) is 3.07. The first kappa shape index (κ1) is 15.1. The summed E-state index contributed by atoms with van der Waals surface area (Å²) in [5, 5.41) is 12.1. The number of anilines is 1. The third kappa shape index (κ3) is 3.64. The Bertz CT molecular complexity index is 676. The van der Waals surface area contributed by atoms with E-state index in [2.05, 4.69) is 5.16 Å². The van der Waals surface area contributed by atoms with Gasteiger partial charge in [0.2, 0.25) is 0 Å². The number of hydrogen-bond acceptors (Lipinski definition) is 3. The molecule has 0 radical (unpaired) electrons. The average Bonchev–Trinajstić information content (AvgIpc) is 2.46. The molecule has 6 heteroatoms. The van der Waals surface area contributed by atoms with Crippen LogP contribution in [0.5, 0.6) is 0 Å². The van der Waals surface area contributed by atoms with Crippen molar-refractivity contribution in [1.29, 1.82) is 0 Å². The van der Waals surface area contributed by atoms with Gasteiger partial charge in [0.15, 0.2) is 5.84 Å². The van der Waals surface area contributed by atoms with Crippen molar-refractivity contribution in [2.75, 3.05) is 11.9 Å². The van der Waals surface area contributed by atoms with E-state index in [1.54, 1.807) is 24.3 Å². The van der Waals surface area contributed by atoms with Gasteiger partial charge in [0.05, 0.1) is 10.7 Å². The summed E-state index contributed by atoms with van der Waals surface area (Å²) in [6.45, 7) is 0.514. The van der Waals surface area contributed by atoms with Gasteiger partial charge in [0.25, 0.3) is 0 Å². The summed E-state index contributed by atoms with van der Waals surface area (Å²) in [5.74, 6) is -0.273. The Hall–Kier alpha value is -2.27. The second kappa shape index (κ2) is 6.45. The molecule has 0 aliphatic rings. The lowest BCUT2D eigenvalue weighted by Gasteiger charge is -2.21. The Morgan fingerprint density at radius 1 is 1.33 bits per heavy atom. The number of halogens is 2. The molecule has 0 aliphatic heterocycles. The molecule has 0 amide bonds. The molecule has 0 fully saturated rings. The first-order valence-corrected chi connectivity index (χ1v) is 6.62. The summed E-state index contributed by atoms with van der Waals surface area (Å²) >= 11 is 6.21. The van der Waals surface area contributed by atoms with Gasteiger partial charge in [-0.15, -0.1) is 0 Å². The van der Waals surface area contributed by atoms with E-state index in [1.165, 1.54) is 12.1 Å². The van der Waals surface area contributed by atoms with E-state index < -0.39 is 0 Å². The van der Waals surface area contributed by atoms with E-state index in [9.17, 15) is 4.39 Å². The Morgan fingerprint density at radius 2 is 2.10 bits per heavy atom. The molecule has 0 aromatic heterocycles. The van der Waals surface area contributed by atoms with Crippen LogP contribution in [-0.4, -0.2) is 18.1 Å². The number of hydrogen-bond donors (Lipinski definition) is 2. The van der Waals surface area contributed by atoms with E-state index in [0.29, 0.717) is 17.1 Å². The molecule has 0 bridgehead atoms. The molecular formula is C15H15ClFN3O. The molecule has 2 aromatic carbocycles. The van der Waals surface area contributed by atoms with E-state index in [-0.39, 0.29) is 11.7 Å².